The van der Waals surface area contributed by atoms with Crippen molar-refractivity contribution in [1.82, 2.24) is 5.32 Å². The van der Waals surface area contributed by atoms with Crippen molar-refractivity contribution in [3.05, 3.63) is 48.6 Å². The number of unbranched alkanes of at least 4 members (excludes halogenated alkanes) is 22. The number of nitrogens with zero attached hydrogens (tertiary/aromatic N) is 1. The highest BCUT2D eigenvalue weighted by molar-refractivity contribution is 7.45. The van der Waals surface area contributed by atoms with Crippen molar-refractivity contribution in [1.29, 1.82) is 0 Å². The van der Waals surface area contributed by atoms with Crippen LogP contribution in [0.1, 0.15) is 194 Å². The molecule has 0 aromatic carbocycles. The third kappa shape index (κ3) is 40.6. The molecule has 0 aliphatic rings. The van der Waals surface area contributed by atoms with Crippen molar-refractivity contribution >= 4 is 13.7 Å². The fraction of sp³-hybridized carbons (Fsp3) is 0.809. The summed E-state index contributed by atoms with van der Waals surface area (Å²) in [5, 5.41) is 13.7. The van der Waals surface area contributed by atoms with Crippen LogP contribution in [0, 0.1) is 0 Å². The van der Waals surface area contributed by atoms with Gasteiger partial charge in [0, 0.05) is 6.42 Å². The third-order valence-corrected chi connectivity index (χ3v) is 11.0. The maximum atomic E-state index is 12.8. The first kappa shape index (κ1) is 54.5. The van der Waals surface area contributed by atoms with E-state index in [1.807, 2.05) is 27.2 Å². The fourth-order valence-electron chi connectivity index (χ4n) is 6.33. The largest absolute Gasteiger partial charge is 0.756 e. The van der Waals surface area contributed by atoms with Gasteiger partial charge in [-0.1, -0.05) is 178 Å². The average Bonchev–Trinajstić information content (AvgIpc) is 3.15. The van der Waals surface area contributed by atoms with Gasteiger partial charge in [-0.3, -0.25) is 9.36 Å². The molecule has 0 fully saturated rings. The second-order valence-corrected chi connectivity index (χ2v) is 18.2. The van der Waals surface area contributed by atoms with Crippen LogP contribution < -0.4 is 10.2 Å². The first-order valence-electron chi connectivity index (χ1n) is 23.0. The van der Waals surface area contributed by atoms with Crippen LogP contribution in [0.15, 0.2) is 48.6 Å². The summed E-state index contributed by atoms with van der Waals surface area (Å²) in [5.41, 5.74) is 0. The van der Waals surface area contributed by atoms with Gasteiger partial charge < -0.3 is 28.8 Å². The van der Waals surface area contributed by atoms with Crippen LogP contribution in [0.2, 0.25) is 0 Å². The molecule has 0 saturated carbocycles. The molecule has 328 valence electrons. The quantitative estimate of drug-likeness (QED) is 0.0276. The number of hydrogen-bond acceptors (Lipinski definition) is 6. The molecule has 9 heteroatoms. The van der Waals surface area contributed by atoms with E-state index in [0.717, 1.165) is 57.8 Å². The van der Waals surface area contributed by atoms with E-state index in [0.29, 0.717) is 17.4 Å². The number of nitrogens with one attached hydrogen (secondary N) is 1. The number of rotatable bonds is 41. The number of phosphoric acid groups is 1. The lowest BCUT2D eigenvalue weighted by atomic mass is 10.1. The molecule has 0 spiro atoms. The molecule has 0 aliphatic carbocycles. The van der Waals surface area contributed by atoms with Crippen LogP contribution in [0.5, 0.6) is 0 Å². The van der Waals surface area contributed by atoms with Gasteiger partial charge in [-0.15, -0.1) is 0 Å². The fourth-order valence-corrected chi connectivity index (χ4v) is 7.06. The number of allylic oxidation sites excluding steroid dienone is 7. The molecule has 0 aliphatic heterocycles. The van der Waals surface area contributed by atoms with Crippen molar-refractivity contribution < 1.29 is 32.9 Å². The Morgan fingerprint density at radius 2 is 1.04 bits per heavy atom. The molecule has 3 unspecified atom stereocenters. The zero-order chi connectivity index (χ0) is 41.4. The van der Waals surface area contributed by atoms with Gasteiger partial charge in [-0.25, -0.2) is 0 Å². The first-order chi connectivity index (χ1) is 27.0. The van der Waals surface area contributed by atoms with Gasteiger partial charge in [0.15, 0.2) is 0 Å². The predicted octanol–water partition coefficient (Wildman–Crippen LogP) is 12.2. The SMILES string of the molecule is CCCCCCC/C=C\C/C=C\C/C=C\CCCCCCCCCCC(=O)NC(COP(=O)([O-])OCC[N+](C)(C)C)C(O)/C=C/CCCCCCCCCCC. The molecule has 1 amide bonds. The minimum atomic E-state index is -4.59. The van der Waals surface area contributed by atoms with E-state index >= 15 is 0 Å². The molecule has 0 aromatic heterocycles. The minimum absolute atomic E-state index is 0.00413. The van der Waals surface area contributed by atoms with E-state index in [1.54, 1.807) is 6.08 Å². The van der Waals surface area contributed by atoms with Crippen LogP contribution in [0.3, 0.4) is 0 Å². The summed E-state index contributed by atoms with van der Waals surface area (Å²) in [6.07, 6.45) is 48.7. The van der Waals surface area contributed by atoms with Gasteiger partial charge in [0.25, 0.3) is 7.82 Å². The molecule has 3 atom stereocenters. The van der Waals surface area contributed by atoms with Gasteiger partial charge in [-0.2, -0.15) is 0 Å². The van der Waals surface area contributed by atoms with Crippen LogP contribution in [0.4, 0.5) is 0 Å². The number of quaternary nitrogens is 1. The van der Waals surface area contributed by atoms with E-state index in [1.165, 1.54) is 116 Å². The van der Waals surface area contributed by atoms with E-state index in [-0.39, 0.29) is 19.1 Å². The van der Waals surface area contributed by atoms with Crippen LogP contribution in [-0.4, -0.2) is 68.5 Å². The highest BCUT2D eigenvalue weighted by atomic mass is 31.2. The first-order valence-corrected chi connectivity index (χ1v) is 24.5. The lowest BCUT2D eigenvalue weighted by molar-refractivity contribution is -0.870. The van der Waals surface area contributed by atoms with Crippen LogP contribution in [-0.2, 0) is 18.4 Å². The molecule has 2 N–H and O–H groups in total. The topological polar surface area (TPSA) is 108 Å². The van der Waals surface area contributed by atoms with Crippen molar-refractivity contribution in [3.63, 3.8) is 0 Å². The maximum Gasteiger partial charge on any atom is 0.268 e. The lowest BCUT2D eigenvalue weighted by Gasteiger charge is -2.29. The van der Waals surface area contributed by atoms with E-state index in [9.17, 15) is 19.4 Å². The monoisotopic (exact) mass is 809 g/mol. The smallest absolute Gasteiger partial charge is 0.268 e. The Morgan fingerprint density at radius 1 is 0.625 bits per heavy atom. The lowest BCUT2D eigenvalue weighted by Crippen LogP contribution is -2.45. The molecule has 8 nitrogen and oxygen atoms in total. The summed E-state index contributed by atoms with van der Waals surface area (Å²) in [4.78, 5) is 25.3. The van der Waals surface area contributed by atoms with Crippen molar-refractivity contribution in [2.24, 2.45) is 0 Å². The van der Waals surface area contributed by atoms with Gasteiger partial charge in [0.05, 0.1) is 39.9 Å². The summed E-state index contributed by atoms with van der Waals surface area (Å²) in [6, 6.07) is -0.889. The number of carbonyl (C=O) groups excluding carboxylic acids is 1. The van der Waals surface area contributed by atoms with E-state index in [4.69, 9.17) is 9.05 Å². The Labute approximate surface area is 346 Å². The molecule has 0 aromatic rings. The van der Waals surface area contributed by atoms with E-state index in [2.05, 4.69) is 55.6 Å². The van der Waals surface area contributed by atoms with Gasteiger partial charge >= 0.3 is 0 Å². The van der Waals surface area contributed by atoms with Gasteiger partial charge in [-0.05, 0) is 57.8 Å². The average molecular weight is 809 g/mol. The number of carbonyl (C=O) groups is 1. The molecular weight excluding hydrogens is 719 g/mol. The Bertz CT molecular complexity index is 1050. The number of phosphoric ester groups is 1. The Hall–Kier alpha value is -1.54. The summed E-state index contributed by atoms with van der Waals surface area (Å²) in [7, 11) is 1.25. The zero-order valence-electron chi connectivity index (χ0n) is 37.1. The molecular formula is C47H89N2O6P. The van der Waals surface area contributed by atoms with Crippen molar-refractivity contribution in [3.8, 4) is 0 Å². The van der Waals surface area contributed by atoms with Gasteiger partial charge in [0.2, 0.25) is 5.91 Å². The summed E-state index contributed by atoms with van der Waals surface area (Å²) in [5.74, 6) is -0.208. The highest BCUT2D eigenvalue weighted by Gasteiger charge is 2.23. The number of amides is 1. The number of aliphatic hydroxyl groups excluding tert-OH is 1. The molecule has 0 radical (unpaired) electrons. The Balaban J connectivity index is 4.31. The second kappa shape index (κ2) is 38.9. The van der Waals surface area contributed by atoms with Crippen molar-refractivity contribution in [2.75, 3.05) is 40.9 Å². The minimum Gasteiger partial charge on any atom is -0.756 e. The van der Waals surface area contributed by atoms with Gasteiger partial charge in [0.1, 0.15) is 13.2 Å². The second-order valence-electron chi connectivity index (χ2n) is 16.8. The molecule has 0 rings (SSSR count). The molecule has 0 bridgehead atoms. The molecule has 0 saturated heterocycles. The van der Waals surface area contributed by atoms with Crippen LogP contribution >= 0.6 is 7.82 Å². The highest BCUT2D eigenvalue weighted by Crippen LogP contribution is 2.38. The molecule has 0 heterocycles. The van der Waals surface area contributed by atoms with Crippen LogP contribution in [0.25, 0.3) is 0 Å². The predicted molar refractivity (Wildman–Crippen MR) is 238 cm³/mol. The maximum absolute atomic E-state index is 12.8. The normalized spacial score (nSPS) is 14.8. The zero-order valence-corrected chi connectivity index (χ0v) is 38.0. The number of hydrogen-bond donors (Lipinski definition) is 2. The molecule has 56 heavy (non-hydrogen) atoms. The Kier molecular flexibility index (Phi) is 37.9. The summed E-state index contributed by atoms with van der Waals surface area (Å²) < 4.78 is 23.2. The third-order valence-electron chi connectivity index (χ3n) is 10.0. The Morgan fingerprint density at radius 3 is 1.50 bits per heavy atom. The number of likely N-dealkylation sites (N-methyl/N-ethyl adjacent to an activating group) is 1. The van der Waals surface area contributed by atoms with E-state index < -0.39 is 20.0 Å². The standard InChI is InChI=1S/C47H89N2O6P/c1-6-8-10-12-14-16-18-19-20-21-22-23-24-25-26-27-28-29-31-33-35-37-39-41-47(51)48-45(44-55-56(52,53)54-43-42-49(3,4)5)46(50)40-38-36-34-32-30-17-15-13-11-9-7-2/h18-19,21-22,24-25,38,40,45-46,50H,6-17,20,23,26-37,39,41-44H2,1-5H3,(H-,48,51,52,53)/b19-18-,22-21-,25-24-,40-38+. The summed E-state index contributed by atoms with van der Waals surface area (Å²) >= 11 is 0. The van der Waals surface area contributed by atoms with Crippen molar-refractivity contribution in [2.45, 2.75) is 206 Å². The summed E-state index contributed by atoms with van der Waals surface area (Å²) in [6.45, 7) is 4.60. The number of aliphatic hydroxyl groups is 1.